The summed E-state index contributed by atoms with van der Waals surface area (Å²) in [6.07, 6.45) is 7.50. The Labute approximate surface area is 94.6 Å². The van der Waals surface area contributed by atoms with Crippen LogP contribution in [-0.2, 0) is 4.74 Å². The van der Waals surface area contributed by atoms with Gasteiger partial charge in [0.1, 0.15) is 0 Å². The van der Waals surface area contributed by atoms with Crippen LogP contribution in [0.3, 0.4) is 0 Å². The fourth-order valence-electron chi connectivity index (χ4n) is 2.84. The number of rotatable bonds is 5. The van der Waals surface area contributed by atoms with Crippen molar-refractivity contribution in [3.8, 4) is 0 Å². The predicted molar refractivity (Wildman–Crippen MR) is 64.8 cm³/mol. The summed E-state index contributed by atoms with van der Waals surface area (Å²) in [5.74, 6) is 1.44. The van der Waals surface area contributed by atoms with Gasteiger partial charge in [-0.2, -0.15) is 0 Å². The highest BCUT2D eigenvalue weighted by atomic mass is 16.5. The van der Waals surface area contributed by atoms with Crippen LogP contribution >= 0.6 is 0 Å². The molecule has 0 radical (unpaired) electrons. The van der Waals surface area contributed by atoms with Crippen LogP contribution in [0.4, 0.5) is 0 Å². The molecule has 1 fully saturated rings. The smallest absolute Gasteiger partial charge is 0.0465 e. The third-order valence-corrected chi connectivity index (χ3v) is 4.24. The second kappa shape index (κ2) is 5.86. The van der Waals surface area contributed by atoms with Gasteiger partial charge in [0.25, 0.3) is 0 Å². The molecule has 90 valence electrons. The maximum atomic E-state index is 6.55. The Morgan fingerprint density at radius 1 is 1.53 bits per heavy atom. The molecular formula is C13H27NO. The lowest BCUT2D eigenvalue weighted by molar-refractivity contribution is 0.116. The van der Waals surface area contributed by atoms with Crippen molar-refractivity contribution in [3.63, 3.8) is 0 Å². The van der Waals surface area contributed by atoms with Gasteiger partial charge in [-0.15, -0.1) is 0 Å². The molecule has 0 saturated heterocycles. The molecule has 0 aromatic carbocycles. The molecule has 0 amide bonds. The van der Waals surface area contributed by atoms with Crippen molar-refractivity contribution >= 4 is 0 Å². The summed E-state index contributed by atoms with van der Waals surface area (Å²) in [5.41, 5.74) is 6.63. The zero-order chi connectivity index (χ0) is 11.3. The number of hydrogen-bond donors (Lipinski definition) is 1. The van der Waals surface area contributed by atoms with Gasteiger partial charge in [-0.25, -0.2) is 0 Å². The monoisotopic (exact) mass is 213 g/mol. The highest BCUT2D eigenvalue weighted by Gasteiger charge is 2.36. The third-order valence-electron chi connectivity index (χ3n) is 4.24. The average molecular weight is 213 g/mol. The molecule has 1 aliphatic rings. The molecule has 0 aliphatic heterocycles. The molecule has 2 heteroatoms. The molecule has 0 aromatic rings. The fraction of sp³-hybridized carbons (Fsp3) is 1.00. The molecule has 0 spiro atoms. The Balaban J connectivity index is 2.48. The van der Waals surface area contributed by atoms with Crippen LogP contribution in [0.25, 0.3) is 0 Å². The summed E-state index contributed by atoms with van der Waals surface area (Å²) in [7, 11) is 1.77. The van der Waals surface area contributed by atoms with Gasteiger partial charge in [-0.3, -0.25) is 0 Å². The first-order valence-corrected chi connectivity index (χ1v) is 6.40. The van der Waals surface area contributed by atoms with Crippen molar-refractivity contribution in [3.05, 3.63) is 0 Å². The van der Waals surface area contributed by atoms with E-state index in [1.807, 2.05) is 0 Å². The zero-order valence-electron chi connectivity index (χ0n) is 10.6. The van der Waals surface area contributed by atoms with Crippen LogP contribution < -0.4 is 5.73 Å². The van der Waals surface area contributed by atoms with Crippen LogP contribution in [0.5, 0.6) is 0 Å². The minimum atomic E-state index is 0.0808. The van der Waals surface area contributed by atoms with Crippen molar-refractivity contribution in [2.24, 2.45) is 17.6 Å². The van der Waals surface area contributed by atoms with Crippen molar-refractivity contribution in [2.75, 3.05) is 13.7 Å². The average Bonchev–Trinajstić information content (AvgIpc) is 2.25. The van der Waals surface area contributed by atoms with Gasteiger partial charge in [-0.05, 0) is 31.1 Å². The molecule has 2 N–H and O–H groups in total. The van der Waals surface area contributed by atoms with Gasteiger partial charge in [0.05, 0.1) is 0 Å². The highest BCUT2D eigenvalue weighted by Crippen LogP contribution is 2.38. The first-order valence-electron chi connectivity index (χ1n) is 6.40. The van der Waals surface area contributed by atoms with E-state index in [-0.39, 0.29) is 5.54 Å². The van der Waals surface area contributed by atoms with Gasteiger partial charge in [0.15, 0.2) is 0 Å². The number of methoxy groups -OCH3 is 1. The Morgan fingerprint density at radius 3 is 2.87 bits per heavy atom. The second-order valence-corrected chi connectivity index (χ2v) is 5.29. The van der Waals surface area contributed by atoms with E-state index in [1.54, 1.807) is 7.11 Å². The lowest BCUT2D eigenvalue weighted by Gasteiger charge is -2.42. The Morgan fingerprint density at radius 2 is 2.27 bits per heavy atom. The van der Waals surface area contributed by atoms with Crippen molar-refractivity contribution in [2.45, 2.75) is 57.9 Å². The quantitative estimate of drug-likeness (QED) is 0.762. The van der Waals surface area contributed by atoms with E-state index in [2.05, 4.69) is 13.8 Å². The van der Waals surface area contributed by atoms with Crippen LogP contribution in [0.15, 0.2) is 0 Å². The second-order valence-electron chi connectivity index (χ2n) is 5.29. The molecular weight excluding hydrogens is 186 g/mol. The van der Waals surface area contributed by atoms with E-state index in [0.717, 1.165) is 18.9 Å². The van der Waals surface area contributed by atoms with Crippen molar-refractivity contribution in [1.82, 2.24) is 0 Å². The van der Waals surface area contributed by atoms with E-state index in [1.165, 1.54) is 32.1 Å². The normalized spacial score (nSPS) is 34.0. The molecule has 2 nitrogen and oxygen atoms in total. The zero-order valence-corrected chi connectivity index (χ0v) is 10.6. The molecule has 1 saturated carbocycles. The van der Waals surface area contributed by atoms with Gasteiger partial charge in [-0.1, -0.05) is 33.1 Å². The third kappa shape index (κ3) is 3.46. The van der Waals surface area contributed by atoms with Gasteiger partial charge in [0.2, 0.25) is 0 Å². The van der Waals surface area contributed by atoms with Crippen LogP contribution in [0.1, 0.15) is 52.4 Å². The summed E-state index contributed by atoms with van der Waals surface area (Å²) in [6.45, 7) is 5.42. The summed E-state index contributed by atoms with van der Waals surface area (Å²) in [4.78, 5) is 0. The molecule has 0 bridgehead atoms. The first-order chi connectivity index (χ1) is 7.12. The van der Waals surface area contributed by atoms with Crippen LogP contribution in [0, 0.1) is 11.8 Å². The molecule has 0 aromatic heterocycles. The summed E-state index contributed by atoms with van der Waals surface area (Å²) >= 11 is 0. The maximum absolute atomic E-state index is 6.55. The van der Waals surface area contributed by atoms with Gasteiger partial charge in [0, 0.05) is 19.3 Å². The van der Waals surface area contributed by atoms with Crippen LogP contribution in [0.2, 0.25) is 0 Å². The molecule has 3 atom stereocenters. The van der Waals surface area contributed by atoms with Crippen molar-refractivity contribution in [1.29, 1.82) is 0 Å². The van der Waals surface area contributed by atoms with Gasteiger partial charge >= 0.3 is 0 Å². The van der Waals surface area contributed by atoms with E-state index in [9.17, 15) is 0 Å². The summed E-state index contributed by atoms with van der Waals surface area (Å²) < 4.78 is 5.15. The Kier molecular flexibility index (Phi) is 5.07. The number of ether oxygens (including phenoxy) is 1. The minimum Gasteiger partial charge on any atom is -0.385 e. The first kappa shape index (κ1) is 13.0. The molecule has 0 heterocycles. The largest absolute Gasteiger partial charge is 0.385 e. The minimum absolute atomic E-state index is 0.0808. The molecule has 15 heavy (non-hydrogen) atoms. The number of hydrogen-bond acceptors (Lipinski definition) is 2. The molecule has 1 aliphatic carbocycles. The van der Waals surface area contributed by atoms with E-state index in [4.69, 9.17) is 10.5 Å². The molecule has 3 unspecified atom stereocenters. The summed E-state index contributed by atoms with van der Waals surface area (Å²) in [5, 5.41) is 0. The Bertz CT molecular complexity index is 183. The fourth-order valence-corrected chi connectivity index (χ4v) is 2.84. The van der Waals surface area contributed by atoms with Crippen molar-refractivity contribution < 1.29 is 4.74 Å². The number of nitrogens with two attached hydrogens (primary N) is 1. The van der Waals surface area contributed by atoms with E-state index < -0.39 is 0 Å². The maximum Gasteiger partial charge on any atom is 0.0465 e. The topological polar surface area (TPSA) is 35.2 Å². The highest BCUT2D eigenvalue weighted by molar-refractivity contribution is 4.94. The Hall–Kier alpha value is -0.0800. The lowest BCUT2D eigenvalue weighted by Crippen LogP contribution is -2.49. The van der Waals surface area contributed by atoms with Crippen LogP contribution in [-0.4, -0.2) is 19.3 Å². The van der Waals surface area contributed by atoms with E-state index in [0.29, 0.717) is 5.92 Å². The molecule has 1 rings (SSSR count). The summed E-state index contributed by atoms with van der Waals surface area (Å²) in [6, 6.07) is 0. The lowest BCUT2D eigenvalue weighted by atomic mass is 9.68. The predicted octanol–water partition coefficient (Wildman–Crippen LogP) is 2.96. The van der Waals surface area contributed by atoms with Gasteiger partial charge < -0.3 is 10.5 Å². The van der Waals surface area contributed by atoms with E-state index >= 15 is 0 Å². The standard InChI is InChI=1S/C13H27NO/c1-4-12-6-5-8-13(14,10-12)11(2)7-9-15-3/h11-12H,4-10,14H2,1-3H3. The SMILES string of the molecule is CCC1CCCC(N)(C(C)CCOC)C1.